The molecular weight excluding hydrogens is 348 g/mol. The maximum atomic E-state index is 12.4. The van der Waals surface area contributed by atoms with Crippen molar-refractivity contribution in [1.82, 2.24) is 0 Å². The van der Waals surface area contributed by atoms with Crippen LogP contribution in [0.1, 0.15) is 28.4 Å². The molecule has 0 bridgehead atoms. The first-order valence-corrected chi connectivity index (χ1v) is 8.47. The van der Waals surface area contributed by atoms with Crippen molar-refractivity contribution in [2.24, 2.45) is 0 Å². The van der Waals surface area contributed by atoms with E-state index in [1.807, 2.05) is 30.3 Å². The van der Waals surface area contributed by atoms with Gasteiger partial charge in [0.2, 0.25) is 0 Å². The summed E-state index contributed by atoms with van der Waals surface area (Å²) in [6.07, 6.45) is -2.57. The van der Waals surface area contributed by atoms with Crippen LogP contribution < -0.4 is 4.74 Å². The van der Waals surface area contributed by atoms with Crippen molar-refractivity contribution >= 4 is 5.97 Å². The lowest BCUT2D eigenvalue weighted by molar-refractivity contribution is -0.156. The van der Waals surface area contributed by atoms with E-state index in [0.717, 1.165) is 5.56 Å². The van der Waals surface area contributed by atoms with Gasteiger partial charge in [-0.2, -0.15) is 0 Å². The zero-order valence-corrected chi connectivity index (χ0v) is 15.2. The minimum atomic E-state index is -2.72. The minimum absolute atomic E-state index is 0.156. The molecule has 0 aromatic heterocycles. The van der Waals surface area contributed by atoms with Crippen LogP contribution in [0.15, 0.2) is 54.6 Å². The highest BCUT2D eigenvalue weighted by Gasteiger charge is 2.51. The standard InChI is InChI=1S/C21H24O6/c1-21(14-25-13-15-7-5-4-6-8-15)18(19(22)24-3)26-20(27-21)16-9-11-17(23-2)12-10-16/h4-12,18,20H,13-14H2,1-3H3/t18-,20?,21+/m1/s1/i1D3. The fourth-order valence-corrected chi connectivity index (χ4v) is 2.78. The molecule has 1 unspecified atom stereocenters. The van der Waals surface area contributed by atoms with Gasteiger partial charge in [-0.05, 0) is 24.5 Å². The number of carbonyl (C=O) groups is 1. The predicted molar refractivity (Wildman–Crippen MR) is 98.2 cm³/mol. The van der Waals surface area contributed by atoms with E-state index >= 15 is 0 Å². The lowest BCUT2D eigenvalue weighted by Gasteiger charge is -2.26. The summed E-state index contributed by atoms with van der Waals surface area (Å²) in [7, 11) is 2.70. The summed E-state index contributed by atoms with van der Waals surface area (Å²) in [5.41, 5.74) is -0.628. The molecule has 2 aromatic carbocycles. The van der Waals surface area contributed by atoms with Gasteiger partial charge < -0.3 is 23.7 Å². The Morgan fingerprint density at radius 3 is 2.52 bits per heavy atom. The third-order valence-corrected chi connectivity index (χ3v) is 4.23. The molecule has 6 nitrogen and oxygen atoms in total. The third kappa shape index (κ3) is 4.47. The first-order valence-electron chi connectivity index (χ1n) is 9.97. The van der Waals surface area contributed by atoms with Crippen molar-refractivity contribution < 1.29 is 32.6 Å². The first-order chi connectivity index (χ1) is 14.3. The number of methoxy groups -OCH3 is 2. The summed E-state index contributed by atoms with van der Waals surface area (Å²) in [5, 5.41) is 0. The van der Waals surface area contributed by atoms with Crippen LogP contribution in [-0.4, -0.2) is 38.5 Å². The lowest BCUT2D eigenvalue weighted by atomic mass is 10.0. The van der Waals surface area contributed by atoms with Crippen molar-refractivity contribution in [3.8, 4) is 5.75 Å². The largest absolute Gasteiger partial charge is 0.497 e. The second kappa shape index (κ2) is 8.52. The number of hydrogen-bond donors (Lipinski definition) is 0. The summed E-state index contributed by atoms with van der Waals surface area (Å²) in [4.78, 5) is 12.4. The van der Waals surface area contributed by atoms with E-state index in [-0.39, 0.29) is 13.2 Å². The molecule has 1 aliphatic heterocycles. The van der Waals surface area contributed by atoms with E-state index < -0.39 is 30.8 Å². The second-order valence-corrected chi connectivity index (χ2v) is 6.13. The highest BCUT2D eigenvalue weighted by Crippen LogP contribution is 2.39. The van der Waals surface area contributed by atoms with Gasteiger partial charge in [-0.3, -0.25) is 0 Å². The topological polar surface area (TPSA) is 63.2 Å². The molecule has 3 atom stereocenters. The van der Waals surface area contributed by atoms with Crippen LogP contribution in [0, 0.1) is 0 Å². The van der Waals surface area contributed by atoms with Crippen LogP contribution in [0.3, 0.4) is 0 Å². The smallest absolute Gasteiger partial charge is 0.338 e. The highest BCUT2D eigenvalue weighted by molar-refractivity contribution is 5.76. The van der Waals surface area contributed by atoms with Gasteiger partial charge in [0.25, 0.3) is 0 Å². The molecule has 6 heteroatoms. The molecule has 27 heavy (non-hydrogen) atoms. The number of carbonyl (C=O) groups excluding carboxylic acids is 1. The Hall–Kier alpha value is -2.41. The number of benzene rings is 2. The van der Waals surface area contributed by atoms with Crippen LogP contribution in [0.2, 0.25) is 0 Å². The Morgan fingerprint density at radius 1 is 1.15 bits per heavy atom. The average Bonchev–Trinajstić information content (AvgIpc) is 3.15. The Kier molecular flexibility index (Phi) is 4.93. The zero-order chi connectivity index (χ0) is 21.8. The molecule has 0 amide bonds. The molecule has 1 fully saturated rings. The van der Waals surface area contributed by atoms with Gasteiger partial charge in [-0.25, -0.2) is 4.79 Å². The summed E-state index contributed by atoms with van der Waals surface area (Å²) in [6.45, 7) is -2.95. The van der Waals surface area contributed by atoms with Gasteiger partial charge in [0, 0.05) is 9.68 Å². The molecule has 1 aliphatic rings. The van der Waals surface area contributed by atoms with E-state index in [9.17, 15) is 4.79 Å². The molecule has 0 saturated carbocycles. The number of rotatable bonds is 7. The molecule has 0 aliphatic carbocycles. The molecule has 1 heterocycles. The van der Waals surface area contributed by atoms with E-state index in [4.69, 9.17) is 27.8 Å². The molecule has 2 aromatic rings. The van der Waals surface area contributed by atoms with Crippen molar-refractivity contribution in [2.45, 2.75) is 31.5 Å². The van der Waals surface area contributed by atoms with Gasteiger partial charge in [-0.1, -0.05) is 42.5 Å². The first kappa shape index (κ1) is 15.6. The van der Waals surface area contributed by atoms with Gasteiger partial charge in [-0.15, -0.1) is 0 Å². The maximum Gasteiger partial charge on any atom is 0.338 e. The van der Waals surface area contributed by atoms with E-state index in [0.29, 0.717) is 11.3 Å². The molecule has 0 radical (unpaired) electrons. The Morgan fingerprint density at radius 2 is 1.89 bits per heavy atom. The van der Waals surface area contributed by atoms with E-state index in [1.54, 1.807) is 24.3 Å². The summed E-state index contributed by atoms with van der Waals surface area (Å²) in [6, 6.07) is 16.0. The fraction of sp³-hybridized carbons (Fsp3) is 0.381. The van der Waals surface area contributed by atoms with Crippen molar-refractivity contribution in [3.05, 3.63) is 65.7 Å². The van der Waals surface area contributed by atoms with Gasteiger partial charge >= 0.3 is 5.97 Å². The number of ether oxygens (including phenoxy) is 5. The Labute approximate surface area is 163 Å². The minimum Gasteiger partial charge on any atom is -0.497 e. The molecule has 3 rings (SSSR count). The Balaban J connectivity index is 1.87. The van der Waals surface area contributed by atoms with Crippen LogP contribution in [0.4, 0.5) is 0 Å². The quantitative estimate of drug-likeness (QED) is 0.692. The second-order valence-electron chi connectivity index (χ2n) is 6.13. The molecule has 0 spiro atoms. The summed E-state index contributed by atoms with van der Waals surface area (Å²) >= 11 is 0. The van der Waals surface area contributed by atoms with Crippen molar-refractivity contribution in [1.29, 1.82) is 0 Å². The van der Waals surface area contributed by atoms with Crippen LogP contribution >= 0.6 is 0 Å². The molecule has 144 valence electrons. The predicted octanol–water partition coefficient (Wildman–Crippen LogP) is 3.26. The highest BCUT2D eigenvalue weighted by atomic mass is 16.8. The Bertz CT molecular complexity index is 840. The van der Waals surface area contributed by atoms with Gasteiger partial charge in [0.15, 0.2) is 12.4 Å². The molecule has 1 saturated heterocycles. The van der Waals surface area contributed by atoms with Gasteiger partial charge in [0.05, 0.1) is 27.4 Å². The van der Waals surface area contributed by atoms with Crippen LogP contribution in [0.25, 0.3) is 0 Å². The SMILES string of the molecule is [2H]C([2H])([2H])[C@@]1(COCc2ccccc2)OC(c2ccc(OC)cc2)O[C@@H]1C(=O)OC. The maximum absolute atomic E-state index is 12.4. The number of hydrogen-bond acceptors (Lipinski definition) is 6. The fourth-order valence-electron chi connectivity index (χ4n) is 2.78. The van der Waals surface area contributed by atoms with Crippen LogP contribution in [0.5, 0.6) is 5.75 Å². The summed E-state index contributed by atoms with van der Waals surface area (Å²) < 4.78 is 51.5. The van der Waals surface area contributed by atoms with E-state index in [1.165, 1.54) is 14.2 Å². The summed E-state index contributed by atoms with van der Waals surface area (Å²) in [5.74, 6) is -0.222. The molecular formula is C21H24O6. The van der Waals surface area contributed by atoms with Gasteiger partial charge in [0.1, 0.15) is 11.4 Å². The zero-order valence-electron chi connectivity index (χ0n) is 18.2. The third-order valence-electron chi connectivity index (χ3n) is 4.23. The number of esters is 1. The monoisotopic (exact) mass is 375 g/mol. The average molecular weight is 375 g/mol. The van der Waals surface area contributed by atoms with Crippen LogP contribution in [-0.2, 0) is 30.3 Å². The molecule has 0 N–H and O–H groups in total. The lowest BCUT2D eigenvalue weighted by Crippen LogP contribution is -2.46. The van der Waals surface area contributed by atoms with E-state index in [2.05, 4.69) is 0 Å². The normalized spacial score (nSPS) is 26.7. The van der Waals surface area contributed by atoms with Crippen molar-refractivity contribution in [3.63, 3.8) is 0 Å². The van der Waals surface area contributed by atoms with Crippen molar-refractivity contribution in [2.75, 3.05) is 20.8 Å².